The van der Waals surface area contributed by atoms with Gasteiger partial charge in [0.05, 0.1) is 0 Å². The SMILES string of the molecule is CN(C)CC(C)(C)CNC(=O)CCC1CCNCC1.Cl.Cl. The Morgan fingerprint density at radius 3 is 2.33 bits per heavy atom. The van der Waals surface area contributed by atoms with Crippen molar-refractivity contribution in [3.8, 4) is 0 Å². The Morgan fingerprint density at radius 2 is 1.81 bits per heavy atom. The van der Waals surface area contributed by atoms with Crippen LogP contribution >= 0.6 is 24.8 Å². The van der Waals surface area contributed by atoms with Crippen molar-refractivity contribution in [3.63, 3.8) is 0 Å². The maximum atomic E-state index is 11.9. The first-order valence-corrected chi connectivity index (χ1v) is 7.51. The molecule has 1 amide bonds. The normalized spacial score (nSPS) is 16.0. The number of nitrogens with zero attached hydrogens (tertiary/aromatic N) is 1. The largest absolute Gasteiger partial charge is 0.356 e. The van der Waals surface area contributed by atoms with Crippen LogP contribution in [-0.4, -0.2) is 51.1 Å². The van der Waals surface area contributed by atoms with Crippen molar-refractivity contribution in [2.75, 3.05) is 40.3 Å². The highest BCUT2D eigenvalue weighted by Gasteiger charge is 2.20. The van der Waals surface area contributed by atoms with E-state index in [1.165, 1.54) is 12.8 Å². The van der Waals surface area contributed by atoms with E-state index in [9.17, 15) is 4.79 Å². The van der Waals surface area contributed by atoms with E-state index in [1.807, 2.05) is 0 Å². The van der Waals surface area contributed by atoms with Gasteiger partial charge in [-0.3, -0.25) is 4.79 Å². The summed E-state index contributed by atoms with van der Waals surface area (Å²) in [5, 5.41) is 6.45. The lowest BCUT2D eigenvalue weighted by atomic mass is 9.92. The predicted molar refractivity (Wildman–Crippen MR) is 94.7 cm³/mol. The molecule has 1 aliphatic heterocycles. The van der Waals surface area contributed by atoms with E-state index >= 15 is 0 Å². The summed E-state index contributed by atoms with van der Waals surface area (Å²) in [5.74, 6) is 0.951. The van der Waals surface area contributed by atoms with Crippen molar-refractivity contribution in [2.24, 2.45) is 11.3 Å². The highest BCUT2D eigenvalue weighted by molar-refractivity contribution is 5.85. The van der Waals surface area contributed by atoms with Crippen LogP contribution in [0.3, 0.4) is 0 Å². The average molecular weight is 342 g/mol. The molecule has 0 spiro atoms. The van der Waals surface area contributed by atoms with Crippen LogP contribution in [0.15, 0.2) is 0 Å². The van der Waals surface area contributed by atoms with Crippen LogP contribution in [-0.2, 0) is 4.79 Å². The Morgan fingerprint density at radius 1 is 1.24 bits per heavy atom. The van der Waals surface area contributed by atoms with Gasteiger partial charge in [-0.1, -0.05) is 13.8 Å². The topological polar surface area (TPSA) is 44.4 Å². The predicted octanol–water partition coefficient (Wildman–Crippen LogP) is 2.31. The Kier molecular flexibility index (Phi) is 12.8. The van der Waals surface area contributed by atoms with Gasteiger partial charge in [-0.25, -0.2) is 0 Å². The number of nitrogens with one attached hydrogen (secondary N) is 2. The van der Waals surface area contributed by atoms with Crippen molar-refractivity contribution in [3.05, 3.63) is 0 Å². The summed E-state index contributed by atoms with van der Waals surface area (Å²) in [6.45, 7) is 8.36. The molecule has 1 aliphatic rings. The zero-order valence-corrected chi connectivity index (χ0v) is 15.5. The van der Waals surface area contributed by atoms with Gasteiger partial charge in [0.1, 0.15) is 0 Å². The highest BCUT2D eigenvalue weighted by Crippen LogP contribution is 2.18. The van der Waals surface area contributed by atoms with Gasteiger partial charge in [0.2, 0.25) is 5.91 Å². The second-order valence-electron chi connectivity index (χ2n) is 6.91. The molecule has 0 saturated carbocycles. The van der Waals surface area contributed by atoms with Gasteiger partial charge in [0.25, 0.3) is 0 Å². The zero-order valence-electron chi connectivity index (χ0n) is 13.9. The monoisotopic (exact) mass is 341 g/mol. The van der Waals surface area contributed by atoms with Gasteiger partial charge in [-0.15, -0.1) is 24.8 Å². The van der Waals surface area contributed by atoms with Crippen LogP contribution in [0.5, 0.6) is 0 Å². The van der Waals surface area contributed by atoms with Crippen LogP contribution in [0.4, 0.5) is 0 Å². The molecule has 0 aromatic carbocycles. The fraction of sp³-hybridized carbons (Fsp3) is 0.933. The third-order valence-corrected chi connectivity index (χ3v) is 3.75. The second kappa shape index (κ2) is 11.5. The van der Waals surface area contributed by atoms with Gasteiger partial charge >= 0.3 is 0 Å². The molecule has 2 N–H and O–H groups in total. The fourth-order valence-corrected chi connectivity index (χ4v) is 2.84. The quantitative estimate of drug-likeness (QED) is 0.746. The summed E-state index contributed by atoms with van der Waals surface area (Å²) in [5.41, 5.74) is 0.133. The van der Waals surface area contributed by atoms with E-state index in [-0.39, 0.29) is 36.1 Å². The summed E-state index contributed by atoms with van der Waals surface area (Å²) >= 11 is 0. The number of hydrogen-bond donors (Lipinski definition) is 2. The molecule has 0 radical (unpaired) electrons. The van der Waals surface area contributed by atoms with Crippen molar-refractivity contribution >= 4 is 30.7 Å². The summed E-state index contributed by atoms with van der Waals surface area (Å²) in [6, 6.07) is 0. The van der Waals surface area contributed by atoms with Crippen molar-refractivity contribution in [1.82, 2.24) is 15.5 Å². The maximum Gasteiger partial charge on any atom is 0.220 e. The van der Waals surface area contributed by atoms with Gasteiger partial charge in [-0.05, 0) is 57.8 Å². The van der Waals surface area contributed by atoms with Crippen LogP contribution in [0.1, 0.15) is 39.5 Å². The van der Waals surface area contributed by atoms with Crippen molar-refractivity contribution < 1.29 is 4.79 Å². The van der Waals surface area contributed by atoms with E-state index in [4.69, 9.17) is 0 Å². The lowest BCUT2D eigenvalue weighted by molar-refractivity contribution is -0.121. The minimum Gasteiger partial charge on any atom is -0.356 e. The van der Waals surface area contributed by atoms with Crippen LogP contribution in [0.2, 0.25) is 0 Å². The molecule has 1 fully saturated rings. The molecule has 1 saturated heterocycles. The van der Waals surface area contributed by atoms with E-state index in [0.29, 0.717) is 6.42 Å². The van der Waals surface area contributed by atoms with Crippen molar-refractivity contribution in [1.29, 1.82) is 0 Å². The number of carbonyl (C=O) groups is 1. The molecule has 1 heterocycles. The van der Waals surface area contributed by atoms with Crippen LogP contribution in [0, 0.1) is 11.3 Å². The minimum atomic E-state index is 0. The summed E-state index contributed by atoms with van der Waals surface area (Å²) in [6.07, 6.45) is 4.17. The lowest BCUT2D eigenvalue weighted by Gasteiger charge is -2.28. The number of piperidine rings is 1. The molecule has 0 aromatic rings. The number of amides is 1. The molecule has 6 heteroatoms. The molecule has 0 bridgehead atoms. The lowest BCUT2D eigenvalue weighted by Crippen LogP contribution is -2.40. The molecular formula is C15H33Cl2N3O. The smallest absolute Gasteiger partial charge is 0.220 e. The molecule has 128 valence electrons. The summed E-state index contributed by atoms with van der Waals surface area (Å²) in [4.78, 5) is 14.0. The van der Waals surface area contributed by atoms with Crippen molar-refractivity contribution in [2.45, 2.75) is 39.5 Å². The molecule has 0 aromatic heterocycles. The van der Waals surface area contributed by atoms with Gasteiger partial charge in [-0.2, -0.15) is 0 Å². The molecule has 0 aliphatic carbocycles. The number of rotatable bonds is 7. The van der Waals surface area contributed by atoms with E-state index in [2.05, 4.69) is 43.5 Å². The molecule has 0 atom stereocenters. The highest BCUT2D eigenvalue weighted by atomic mass is 35.5. The Balaban J connectivity index is 0. The Hall–Kier alpha value is -0.0300. The fourth-order valence-electron chi connectivity index (χ4n) is 2.84. The van der Waals surface area contributed by atoms with Gasteiger partial charge in [0.15, 0.2) is 0 Å². The van der Waals surface area contributed by atoms with E-state index in [1.54, 1.807) is 0 Å². The van der Waals surface area contributed by atoms with E-state index < -0.39 is 0 Å². The zero-order chi connectivity index (χ0) is 14.3. The first-order valence-electron chi connectivity index (χ1n) is 7.51. The van der Waals surface area contributed by atoms with Crippen LogP contribution < -0.4 is 10.6 Å². The molecule has 1 rings (SSSR count). The second-order valence-corrected chi connectivity index (χ2v) is 6.91. The first-order chi connectivity index (χ1) is 8.89. The standard InChI is InChI=1S/C15H31N3O.2ClH/c1-15(2,12-18(3)4)11-17-14(19)6-5-13-7-9-16-10-8-13;;/h13,16H,5-12H2,1-4H3,(H,17,19);2*1H. The Labute approximate surface area is 142 Å². The number of hydrogen-bond acceptors (Lipinski definition) is 3. The molecule has 0 unspecified atom stereocenters. The number of halogens is 2. The molecular weight excluding hydrogens is 309 g/mol. The summed E-state index contributed by atoms with van der Waals surface area (Å²) in [7, 11) is 4.14. The van der Waals surface area contributed by atoms with E-state index in [0.717, 1.165) is 38.5 Å². The number of carbonyl (C=O) groups excluding carboxylic acids is 1. The average Bonchev–Trinajstić information content (AvgIpc) is 2.34. The van der Waals surface area contributed by atoms with Gasteiger partial charge < -0.3 is 15.5 Å². The first kappa shape index (κ1) is 23.2. The molecule has 4 nitrogen and oxygen atoms in total. The van der Waals surface area contributed by atoms with Crippen LogP contribution in [0.25, 0.3) is 0 Å². The third kappa shape index (κ3) is 11.2. The summed E-state index contributed by atoms with van der Waals surface area (Å²) < 4.78 is 0. The van der Waals surface area contributed by atoms with Gasteiger partial charge in [0, 0.05) is 19.5 Å². The minimum absolute atomic E-state index is 0. The third-order valence-electron chi connectivity index (χ3n) is 3.75. The Bertz CT molecular complexity index is 280. The molecule has 21 heavy (non-hydrogen) atoms. The maximum absolute atomic E-state index is 11.9.